The van der Waals surface area contributed by atoms with Crippen molar-refractivity contribution in [3.05, 3.63) is 33.4 Å². The van der Waals surface area contributed by atoms with E-state index in [4.69, 9.17) is 5.26 Å². The number of amides is 1. The summed E-state index contributed by atoms with van der Waals surface area (Å²) in [6.45, 7) is 1.14. The van der Waals surface area contributed by atoms with Gasteiger partial charge in [0.25, 0.3) is 5.91 Å². The second-order valence-electron chi connectivity index (χ2n) is 4.13. The molecule has 0 aromatic heterocycles. The van der Waals surface area contributed by atoms with Crippen LogP contribution in [0.2, 0.25) is 0 Å². The molecule has 20 heavy (non-hydrogen) atoms. The van der Waals surface area contributed by atoms with Gasteiger partial charge in [-0.1, -0.05) is 0 Å². The molecule has 1 heterocycles. The lowest BCUT2D eigenvalue weighted by molar-refractivity contribution is -0.386. The van der Waals surface area contributed by atoms with E-state index in [-0.39, 0.29) is 11.1 Å². The third kappa shape index (κ3) is 2.51. The van der Waals surface area contributed by atoms with Crippen molar-refractivity contribution >= 4 is 17.7 Å². The van der Waals surface area contributed by atoms with Gasteiger partial charge in [-0.3, -0.25) is 14.9 Å². The zero-order valence-corrected chi connectivity index (χ0v) is 10.1. The Hall–Kier alpha value is -3.08. The number of hydrogen-bond donors (Lipinski definition) is 2. The first kappa shape index (κ1) is 13.4. The molecule has 1 saturated heterocycles. The second kappa shape index (κ2) is 4.89. The van der Waals surface area contributed by atoms with Crippen molar-refractivity contribution < 1.29 is 19.9 Å². The molecule has 1 aromatic rings. The molecule has 0 atom stereocenters. The van der Waals surface area contributed by atoms with E-state index >= 15 is 0 Å². The zero-order chi connectivity index (χ0) is 14.9. The highest BCUT2D eigenvalue weighted by atomic mass is 16.6. The topological polar surface area (TPSA) is 127 Å². The SMILES string of the molecule is N#C/C(=C\c1cc(O)c(O)c([N+](=O)[O-])c1)C(=O)N1CC1. The Balaban J connectivity index is 2.44. The van der Waals surface area contributed by atoms with Crippen LogP contribution in [0.25, 0.3) is 6.08 Å². The van der Waals surface area contributed by atoms with Crippen molar-refractivity contribution in [1.82, 2.24) is 4.90 Å². The summed E-state index contributed by atoms with van der Waals surface area (Å²) in [5, 5.41) is 38.4. The summed E-state index contributed by atoms with van der Waals surface area (Å²) in [6, 6.07) is 3.72. The van der Waals surface area contributed by atoms with E-state index in [1.54, 1.807) is 6.07 Å². The summed E-state index contributed by atoms with van der Waals surface area (Å²) in [5.41, 5.74) is -0.812. The molecule has 8 nitrogen and oxygen atoms in total. The van der Waals surface area contributed by atoms with Crippen LogP contribution in [-0.4, -0.2) is 39.0 Å². The van der Waals surface area contributed by atoms with Gasteiger partial charge in [0.1, 0.15) is 11.6 Å². The van der Waals surface area contributed by atoms with Gasteiger partial charge in [-0.05, 0) is 17.7 Å². The van der Waals surface area contributed by atoms with Gasteiger partial charge >= 0.3 is 5.69 Å². The number of phenolic OH excluding ortho intramolecular Hbond substituents is 2. The maximum Gasteiger partial charge on any atom is 0.315 e. The molecule has 8 heteroatoms. The molecule has 0 radical (unpaired) electrons. The largest absolute Gasteiger partial charge is 0.504 e. The minimum atomic E-state index is -0.870. The lowest BCUT2D eigenvalue weighted by Crippen LogP contribution is -2.11. The van der Waals surface area contributed by atoms with E-state index in [1.165, 1.54) is 4.90 Å². The van der Waals surface area contributed by atoms with Crippen LogP contribution in [0.4, 0.5) is 5.69 Å². The van der Waals surface area contributed by atoms with Crippen LogP contribution >= 0.6 is 0 Å². The number of benzene rings is 1. The third-order valence-corrected chi connectivity index (χ3v) is 2.68. The van der Waals surface area contributed by atoms with Gasteiger partial charge in [0.2, 0.25) is 5.75 Å². The van der Waals surface area contributed by atoms with Crippen molar-refractivity contribution in [3.8, 4) is 17.6 Å². The number of hydrogen-bond acceptors (Lipinski definition) is 6. The number of nitriles is 1. The summed E-state index contributed by atoms with van der Waals surface area (Å²) < 4.78 is 0. The molecule has 1 aliphatic rings. The van der Waals surface area contributed by atoms with E-state index in [2.05, 4.69) is 0 Å². The monoisotopic (exact) mass is 275 g/mol. The maximum absolute atomic E-state index is 11.7. The molecule has 2 N–H and O–H groups in total. The van der Waals surface area contributed by atoms with Crippen molar-refractivity contribution in [1.29, 1.82) is 5.26 Å². The Morgan fingerprint density at radius 1 is 1.45 bits per heavy atom. The molecule has 1 aromatic carbocycles. The Labute approximate surface area is 112 Å². The second-order valence-corrected chi connectivity index (χ2v) is 4.13. The normalized spacial score (nSPS) is 13.8. The molecule has 0 saturated carbocycles. The Bertz CT molecular complexity index is 670. The first-order chi connectivity index (χ1) is 9.43. The van der Waals surface area contributed by atoms with Gasteiger partial charge in [-0.25, -0.2) is 0 Å². The zero-order valence-electron chi connectivity index (χ0n) is 10.1. The molecule has 0 unspecified atom stereocenters. The Morgan fingerprint density at radius 3 is 2.60 bits per heavy atom. The lowest BCUT2D eigenvalue weighted by Gasteiger charge is -2.03. The molecule has 1 fully saturated rings. The van der Waals surface area contributed by atoms with Crippen molar-refractivity contribution in [2.24, 2.45) is 0 Å². The molecule has 0 spiro atoms. The standard InChI is InChI=1S/C12H9N3O5/c13-6-8(12(18)14-1-2-14)3-7-4-9(15(19)20)11(17)10(16)5-7/h3-5,16-17H,1-2H2/b8-3+. The maximum atomic E-state index is 11.7. The van der Waals surface area contributed by atoms with Crippen molar-refractivity contribution in [3.63, 3.8) is 0 Å². The smallest absolute Gasteiger partial charge is 0.315 e. The van der Waals surface area contributed by atoms with Crippen LogP contribution in [0.5, 0.6) is 11.5 Å². The number of aromatic hydroxyl groups is 2. The van der Waals surface area contributed by atoms with Crippen molar-refractivity contribution in [2.75, 3.05) is 13.1 Å². The molecule has 0 bridgehead atoms. The number of carbonyl (C=O) groups is 1. The first-order valence-corrected chi connectivity index (χ1v) is 5.55. The molecule has 2 rings (SSSR count). The van der Waals surface area contributed by atoms with Crippen LogP contribution < -0.4 is 0 Å². The van der Waals surface area contributed by atoms with Crippen LogP contribution in [0.1, 0.15) is 5.56 Å². The average molecular weight is 275 g/mol. The first-order valence-electron chi connectivity index (χ1n) is 5.55. The highest BCUT2D eigenvalue weighted by Gasteiger charge is 2.27. The fourth-order valence-corrected chi connectivity index (χ4v) is 1.58. The highest BCUT2D eigenvalue weighted by Crippen LogP contribution is 2.36. The van der Waals surface area contributed by atoms with Crippen molar-refractivity contribution in [2.45, 2.75) is 0 Å². The Morgan fingerprint density at radius 2 is 2.10 bits per heavy atom. The number of phenols is 2. The number of nitrogens with zero attached hydrogens (tertiary/aromatic N) is 3. The van der Waals surface area contributed by atoms with E-state index in [0.29, 0.717) is 13.1 Å². The summed E-state index contributed by atoms with van der Waals surface area (Å²) in [7, 11) is 0. The molecule has 102 valence electrons. The minimum Gasteiger partial charge on any atom is -0.504 e. The minimum absolute atomic E-state index is 0.0822. The summed E-state index contributed by atoms with van der Waals surface area (Å²) in [5.74, 6) is -2.02. The number of carbonyl (C=O) groups excluding carboxylic acids is 1. The summed E-state index contributed by atoms with van der Waals surface area (Å²) in [4.78, 5) is 23.0. The van der Waals surface area contributed by atoms with Gasteiger partial charge < -0.3 is 15.1 Å². The van der Waals surface area contributed by atoms with Crippen LogP contribution in [0.3, 0.4) is 0 Å². The van der Waals surface area contributed by atoms with E-state index < -0.39 is 28.0 Å². The summed E-state index contributed by atoms with van der Waals surface area (Å²) in [6.07, 6.45) is 1.13. The van der Waals surface area contributed by atoms with Gasteiger partial charge in [-0.2, -0.15) is 5.26 Å². The molecule has 0 aliphatic carbocycles. The molecule has 1 aliphatic heterocycles. The molecular weight excluding hydrogens is 266 g/mol. The van der Waals surface area contributed by atoms with Gasteiger partial charge in [-0.15, -0.1) is 0 Å². The average Bonchev–Trinajstić information content (AvgIpc) is 3.23. The predicted molar refractivity (Wildman–Crippen MR) is 66.6 cm³/mol. The Kier molecular flexibility index (Phi) is 3.27. The summed E-state index contributed by atoms with van der Waals surface area (Å²) >= 11 is 0. The van der Waals surface area contributed by atoms with Gasteiger partial charge in [0, 0.05) is 19.2 Å². The van der Waals surface area contributed by atoms with E-state index in [9.17, 15) is 25.1 Å². The fraction of sp³-hybridized carbons (Fsp3) is 0.167. The highest BCUT2D eigenvalue weighted by molar-refractivity contribution is 6.02. The molecular formula is C12H9N3O5. The van der Waals surface area contributed by atoms with Crippen LogP contribution in [0.15, 0.2) is 17.7 Å². The fourth-order valence-electron chi connectivity index (χ4n) is 1.58. The lowest BCUT2D eigenvalue weighted by atomic mass is 10.1. The van der Waals surface area contributed by atoms with Crippen LogP contribution in [-0.2, 0) is 4.79 Å². The van der Waals surface area contributed by atoms with Crippen LogP contribution in [0, 0.1) is 21.4 Å². The number of nitro groups is 1. The number of rotatable bonds is 3. The number of nitro benzene ring substituents is 1. The predicted octanol–water partition coefficient (Wildman–Crippen LogP) is 0.755. The van der Waals surface area contributed by atoms with E-state index in [0.717, 1.165) is 18.2 Å². The third-order valence-electron chi connectivity index (χ3n) is 2.68. The molecule has 1 amide bonds. The quantitative estimate of drug-likeness (QED) is 0.209. The van der Waals surface area contributed by atoms with Gasteiger partial charge in [0.05, 0.1) is 4.92 Å². The van der Waals surface area contributed by atoms with Gasteiger partial charge in [0.15, 0.2) is 5.75 Å². The van der Waals surface area contributed by atoms with E-state index in [1.807, 2.05) is 0 Å².